The monoisotopic (exact) mass is 205 g/mol. The van der Waals surface area contributed by atoms with Crippen LogP contribution in [0.25, 0.3) is 10.4 Å². The number of aromatic nitrogens is 1. The molecule has 2 heterocycles. The molecule has 2 aromatic rings. The molecule has 14 heavy (non-hydrogen) atoms. The van der Waals surface area contributed by atoms with Gasteiger partial charge in [-0.15, -0.1) is 11.3 Å². The fourth-order valence-electron chi connectivity index (χ4n) is 1.12. The molecule has 0 radical (unpaired) electrons. The van der Waals surface area contributed by atoms with Gasteiger partial charge in [0, 0.05) is 17.3 Å². The standard InChI is InChI=1S/C10H7NO2S/c12-10(13)9-2-1-8(14-9)7-3-5-11-6-4-7/h1-6H,(H,12,13). The summed E-state index contributed by atoms with van der Waals surface area (Å²) in [5.41, 5.74) is 0.998. The van der Waals surface area contributed by atoms with Gasteiger partial charge in [0.2, 0.25) is 0 Å². The summed E-state index contributed by atoms with van der Waals surface area (Å²) < 4.78 is 0. The van der Waals surface area contributed by atoms with Crippen molar-refractivity contribution in [2.45, 2.75) is 0 Å². The summed E-state index contributed by atoms with van der Waals surface area (Å²) in [6.45, 7) is 0. The Morgan fingerprint density at radius 3 is 2.50 bits per heavy atom. The van der Waals surface area contributed by atoms with Crippen LogP contribution in [0.2, 0.25) is 0 Å². The molecule has 0 fully saturated rings. The second kappa shape index (κ2) is 3.59. The first kappa shape index (κ1) is 8.90. The summed E-state index contributed by atoms with van der Waals surface area (Å²) in [6.07, 6.45) is 3.38. The Balaban J connectivity index is 2.39. The molecule has 0 saturated heterocycles. The van der Waals surface area contributed by atoms with Crippen LogP contribution in [-0.2, 0) is 0 Å². The van der Waals surface area contributed by atoms with Crippen LogP contribution in [0.3, 0.4) is 0 Å². The van der Waals surface area contributed by atoms with Crippen LogP contribution in [0.4, 0.5) is 0 Å². The lowest BCUT2D eigenvalue weighted by Crippen LogP contribution is -1.89. The van der Waals surface area contributed by atoms with Crippen LogP contribution >= 0.6 is 11.3 Å². The molecule has 0 atom stereocenters. The third-order valence-corrected chi connectivity index (χ3v) is 2.90. The van der Waals surface area contributed by atoms with E-state index in [9.17, 15) is 4.79 Å². The van der Waals surface area contributed by atoms with E-state index in [0.29, 0.717) is 4.88 Å². The summed E-state index contributed by atoms with van der Waals surface area (Å²) >= 11 is 1.27. The van der Waals surface area contributed by atoms with Crippen LogP contribution in [0.15, 0.2) is 36.7 Å². The van der Waals surface area contributed by atoms with Crippen LogP contribution in [-0.4, -0.2) is 16.1 Å². The Bertz CT molecular complexity index is 450. The van der Waals surface area contributed by atoms with E-state index < -0.39 is 5.97 Å². The van der Waals surface area contributed by atoms with Gasteiger partial charge in [0.25, 0.3) is 0 Å². The van der Waals surface area contributed by atoms with Crippen LogP contribution < -0.4 is 0 Å². The van der Waals surface area contributed by atoms with E-state index in [4.69, 9.17) is 5.11 Å². The first-order valence-corrected chi connectivity index (χ1v) is 4.82. The number of carboxylic acids is 1. The summed E-state index contributed by atoms with van der Waals surface area (Å²) in [6, 6.07) is 7.14. The van der Waals surface area contributed by atoms with Crippen molar-refractivity contribution in [2.24, 2.45) is 0 Å². The molecule has 0 aliphatic rings. The van der Waals surface area contributed by atoms with E-state index in [1.807, 2.05) is 18.2 Å². The molecular formula is C10H7NO2S. The van der Waals surface area contributed by atoms with Crippen molar-refractivity contribution in [1.29, 1.82) is 0 Å². The predicted molar refractivity (Wildman–Crippen MR) is 54.5 cm³/mol. The number of nitrogens with zero attached hydrogens (tertiary/aromatic N) is 1. The quantitative estimate of drug-likeness (QED) is 0.819. The maximum Gasteiger partial charge on any atom is 0.345 e. The fraction of sp³-hybridized carbons (Fsp3) is 0. The summed E-state index contributed by atoms with van der Waals surface area (Å²) in [7, 11) is 0. The Morgan fingerprint density at radius 2 is 1.93 bits per heavy atom. The first-order valence-electron chi connectivity index (χ1n) is 4.01. The molecule has 3 nitrogen and oxygen atoms in total. The van der Waals surface area contributed by atoms with Crippen molar-refractivity contribution < 1.29 is 9.90 Å². The Hall–Kier alpha value is -1.68. The molecule has 2 rings (SSSR count). The third kappa shape index (κ3) is 1.65. The highest BCUT2D eigenvalue weighted by molar-refractivity contribution is 7.17. The Labute approximate surface area is 84.7 Å². The van der Waals surface area contributed by atoms with Crippen LogP contribution in [0.5, 0.6) is 0 Å². The van der Waals surface area contributed by atoms with E-state index in [-0.39, 0.29) is 0 Å². The van der Waals surface area contributed by atoms with Crippen molar-refractivity contribution in [2.75, 3.05) is 0 Å². The van der Waals surface area contributed by atoms with Gasteiger partial charge in [0.1, 0.15) is 4.88 Å². The van der Waals surface area contributed by atoms with E-state index in [0.717, 1.165) is 10.4 Å². The maximum absolute atomic E-state index is 10.6. The molecule has 0 unspecified atom stereocenters. The van der Waals surface area contributed by atoms with E-state index >= 15 is 0 Å². The number of aromatic carboxylic acids is 1. The number of pyridine rings is 1. The number of rotatable bonds is 2. The number of carbonyl (C=O) groups is 1. The number of carboxylic acid groups (broad SMARTS) is 1. The van der Waals surface area contributed by atoms with Crippen molar-refractivity contribution in [3.8, 4) is 10.4 Å². The molecule has 0 spiro atoms. The van der Waals surface area contributed by atoms with E-state index in [1.54, 1.807) is 18.5 Å². The van der Waals surface area contributed by atoms with Gasteiger partial charge in [-0.1, -0.05) is 0 Å². The highest BCUT2D eigenvalue weighted by Crippen LogP contribution is 2.27. The molecule has 70 valence electrons. The maximum atomic E-state index is 10.6. The number of hydrogen-bond acceptors (Lipinski definition) is 3. The first-order chi connectivity index (χ1) is 6.77. The summed E-state index contributed by atoms with van der Waals surface area (Å²) in [5.74, 6) is -0.879. The minimum atomic E-state index is -0.879. The van der Waals surface area contributed by atoms with Gasteiger partial charge in [0.15, 0.2) is 0 Å². The van der Waals surface area contributed by atoms with Gasteiger partial charge in [-0.3, -0.25) is 4.98 Å². The van der Waals surface area contributed by atoms with E-state index in [1.165, 1.54) is 11.3 Å². The molecule has 0 aromatic carbocycles. The van der Waals surface area contributed by atoms with Crippen LogP contribution in [0, 0.1) is 0 Å². The molecule has 0 aliphatic heterocycles. The van der Waals surface area contributed by atoms with Gasteiger partial charge in [-0.2, -0.15) is 0 Å². The zero-order valence-corrected chi connectivity index (χ0v) is 7.99. The van der Waals surface area contributed by atoms with Gasteiger partial charge < -0.3 is 5.11 Å². The molecule has 1 N–H and O–H groups in total. The van der Waals surface area contributed by atoms with Crippen molar-refractivity contribution in [3.63, 3.8) is 0 Å². The smallest absolute Gasteiger partial charge is 0.345 e. The minimum absolute atomic E-state index is 0.358. The molecule has 0 amide bonds. The minimum Gasteiger partial charge on any atom is -0.477 e. The molecular weight excluding hydrogens is 198 g/mol. The second-order valence-electron chi connectivity index (χ2n) is 2.70. The number of thiophene rings is 1. The van der Waals surface area contributed by atoms with Gasteiger partial charge >= 0.3 is 5.97 Å². The SMILES string of the molecule is O=C(O)c1ccc(-c2ccncc2)s1. The normalized spacial score (nSPS) is 10.0. The average molecular weight is 205 g/mol. The van der Waals surface area contributed by atoms with Gasteiger partial charge in [-0.05, 0) is 29.8 Å². The molecule has 0 bridgehead atoms. The van der Waals surface area contributed by atoms with Crippen molar-refractivity contribution >= 4 is 17.3 Å². The highest BCUT2D eigenvalue weighted by atomic mass is 32.1. The highest BCUT2D eigenvalue weighted by Gasteiger charge is 2.07. The zero-order chi connectivity index (χ0) is 9.97. The Morgan fingerprint density at radius 1 is 1.21 bits per heavy atom. The lowest BCUT2D eigenvalue weighted by Gasteiger charge is -1.93. The lowest BCUT2D eigenvalue weighted by atomic mass is 10.2. The fourth-order valence-corrected chi connectivity index (χ4v) is 1.97. The van der Waals surface area contributed by atoms with Gasteiger partial charge in [0.05, 0.1) is 0 Å². The summed E-state index contributed by atoms with van der Waals surface area (Å²) in [5, 5.41) is 8.74. The number of hydrogen-bond donors (Lipinski definition) is 1. The molecule has 0 saturated carbocycles. The molecule has 2 aromatic heterocycles. The zero-order valence-electron chi connectivity index (χ0n) is 7.18. The lowest BCUT2D eigenvalue weighted by molar-refractivity contribution is 0.0702. The van der Waals surface area contributed by atoms with Crippen molar-refractivity contribution in [3.05, 3.63) is 41.5 Å². The largest absolute Gasteiger partial charge is 0.477 e. The molecule has 0 aliphatic carbocycles. The molecule has 4 heteroatoms. The third-order valence-electron chi connectivity index (χ3n) is 1.78. The Kier molecular flexibility index (Phi) is 2.28. The van der Waals surface area contributed by atoms with Crippen molar-refractivity contribution in [1.82, 2.24) is 4.98 Å². The van der Waals surface area contributed by atoms with E-state index in [2.05, 4.69) is 4.98 Å². The topological polar surface area (TPSA) is 50.2 Å². The van der Waals surface area contributed by atoms with Gasteiger partial charge in [-0.25, -0.2) is 4.79 Å². The van der Waals surface area contributed by atoms with Crippen LogP contribution in [0.1, 0.15) is 9.67 Å². The average Bonchev–Trinajstić information content (AvgIpc) is 2.68. The summed E-state index contributed by atoms with van der Waals surface area (Å²) in [4.78, 5) is 15.9. The second-order valence-corrected chi connectivity index (χ2v) is 3.79. The predicted octanol–water partition coefficient (Wildman–Crippen LogP) is 2.51.